The van der Waals surface area contributed by atoms with Crippen LogP contribution in [0.1, 0.15) is 27.4 Å². The van der Waals surface area contributed by atoms with E-state index in [0.717, 1.165) is 32.7 Å². The molecule has 30 heavy (non-hydrogen) atoms. The van der Waals surface area contributed by atoms with Crippen molar-refractivity contribution in [3.8, 4) is 16.9 Å². The van der Waals surface area contributed by atoms with Crippen molar-refractivity contribution in [2.24, 2.45) is 5.10 Å². The number of hydrogen-bond acceptors (Lipinski definition) is 4. The van der Waals surface area contributed by atoms with Crippen molar-refractivity contribution in [2.75, 3.05) is 0 Å². The van der Waals surface area contributed by atoms with Gasteiger partial charge in [-0.25, -0.2) is 10.1 Å². The van der Waals surface area contributed by atoms with Gasteiger partial charge in [-0.05, 0) is 49.7 Å². The fourth-order valence-electron chi connectivity index (χ4n) is 3.21. The third-order valence-electron chi connectivity index (χ3n) is 4.60. The van der Waals surface area contributed by atoms with E-state index >= 15 is 0 Å². The highest BCUT2D eigenvalue weighted by Crippen LogP contribution is 2.27. The van der Waals surface area contributed by atoms with Gasteiger partial charge in [0.25, 0.3) is 5.91 Å². The molecule has 8 heteroatoms. The van der Waals surface area contributed by atoms with E-state index in [2.05, 4.69) is 41.8 Å². The molecule has 2 heterocycles. The Bertz CT molecular complexity index is 1230. The quantitative estimate of drug-likeness (QED) is 0.340. The number of benzene rings is 2. The van der Waals surface area contributed by atoms with E-state index in [1.165, 1.54) is 0 Å². The molecule has 2 aromatic heterocycles. The van der Waals surface area contributed by atoms with Crippen molar-refractivity contribution in [2.45, 2.75) is 13.8 Å². The van der Waals surface area contributed by atoms with Crippen LogP contribution >= 0.6 is 15.9 Å². The van der Waals surface area contributed by atoms with Gasteiger partial charge in [-0.1, -0.05) is 46.3 Å². The first kappa shape index (κ1) is 19.8. The monoisotopic (exact) mass is 462 g/mol. The van der Waals surface area contributed by atoms with E-state index in [9.17, 15) is 4.79 Å². The maximum atomic E-state index is 12.4. The van der Waals surface area contributed by atoms with Crippen LogP contribution in [0.3, 0.4) is 0 Å². The maximum absolute atomic E-state index is 12.4. The number of H-pyrrole nitrogens is 1. The number of hydrazone groups is 1. The van der Waals surface area contributed by atoms with Gasteiger partial charge in [0.1, 0.15) is 5.69 Å². The number of carbonyl (C=O) groups is 1. The Morgan fingerprint density at radius 3 is 2.70 bits per heavy atom. The molecule has 4 rings (SSSR count). The summed E-state index contributed by atoms with van der Waals surface area (Å²) in [5, 5.41) is 15.7. The number of halogens is 1. The van der Waals surface area contributed by atoms with Crippen LogP contribution in [0.5, 0.6) is 0 Å². The van der Waals surface area contributed by atoms with Crippen molar-refractivity contribution in [3.63, 3.8) is 0 Å². The molecule has 0 unspecified atom stereocenters. The first-order valence-corrected chi connectivity index (χ1v) is 10.1. The average molecular weight is 463 g/mol. The first-order valence-electron chi connectivity index (χ1n) is 9.29. The molecule has 1 amide bonds. The Morgan fingerprint density at radius 1 is 1.13 bits per heavy atom. The van der Waals surface area contributed by atoms with Crippen LogP contribution in [0, 0.1) is 13.8 Å². The van der Waals surface area contributed by atoms with Crippen LogP contribution < -0.4 is 5.43 Å². The van der Waals surface area contributed by atoms with E-state index in [4.69, 9.17) is 0 Å². The van der Waals surface area contributed by atoms with Crippen molar-refractivity contribution >= 4 is 28.1 Å². The number of aromatic nitrogens is 4. The van der Waals surface area contributed by atoms with Crippen LogP contribution in [0.25, 0.3) is 16.9 Å². The molecule has 0 bridgehead atoms. The number of para-hydroxylation sites is 1. The predicted molar refractivity (Wildman–Crippen MR) is 120 cm³/mol. The lowest BCUT2D eigenvalue weighted by Crippen LogP contribution is -2.17. The van der Waals surface area contributed by atoms with Crippen LogP contribution in [-0.2, 0) is 0 Å². The smallest absolute Gasteiger partial charge is 0.272 e. The topological polar surface area (TPSA) is 88.0 Å². The summed E-state index contributed by atoms with van der Waals surface area (Å²) < 4.78 is 2.82. The van der Waals surface area contributed by atoms with Gasteiger partial charge >= 0.3 is 0 Å². The summed E-state index contributed by atoms with van der Waals surface area (Å²) in [6.45, 7) is 3.91. The molecule has 0 atom stereocenters. The molecule has 150 valence electrons. The van der Waals surface area contributed by atoms with E-state index in [1.807, 2.05) is 73.1 Å². The molecule has 0 saturated heterocycles. The van der Waals surface area contributed by atoms with Crippen molar-refractivity contribution < 1.29 is 4.79 Å². The van der Waals surface area contributed by atoms with Crippen LogP contribution in [0.15, 0.2) is 70.2 Å². The highest BCUT2D eigenvalue weighted by atomic mass is 79.9. The summed E-state index contributed by atoms with van der Waals surface area (Å²) in [6.07, 6.45) is 1.58. The number of rotatable bonds is 5. The fraction of sp³-hybridized carbons (Fsp3) is 0.0909. The third-order valence-corrected chi connectivity index (χ3v) is 5.09. The Labute approximate surface area is 182 Å². The van der Waals surface area contributed by atoms with Crippen molar-refractivity contribution in [3.05, 3.63) is 87.8 Å². The van der Waals surface area contributed by atoms with Gasteiger partial charge in [-0.15, -0.1) is 0 Å². The van der Waals surface area contributed by atoms with Crippen LogP contribution in [-0.4, -0.2) is 32.1 Å². The Kier molecular flexibility index (Phi) is 5.58. The lowest BCUT2D eigenvalue weighted by molar-refractivity contribution is 0.0950. The molecular weight excluding hydrogens is 444 g/mol. The molecular formula is C22H19BrN6O. The van der Waals surface area contributed by atoms with Gasteiger partial charge < -0.3 is 0 Å². The number of nitrogens with one attached hydrogen (secondary N) is 2. The number of nitrogens with zero attached hydrogens (tertiary/aromatic N) is 4. The highest BCUT2D eigenvalue weighted by Gasteiger charge is 2.18. The van der Waals surface area contributed by atoms with E-state index < -0.39 is 0 Å². The Hall–Kier alpha value is -3.52. The Balaban J connectivity index is 1.53. The number of aromatic amines is 1. The van der Waals surface area contributed by atoms with Crippen LogP contribution in [0.2, 0.25) is 0 Å². The molecule has 0 aliphatic rings. The fourth-order valence-corrected chi connectivity index (χ4v) is 3.63. The minimum Gasteiger partial charge on any atom is -0.272 e. The molecule has 0 spiro atoms. The SMILES string of the molecule is Cc1nn(-c2ccccc2)c(C)c1-c1cc(C(=O)N/N=C\c2cccc(Br)c2)[nH]n1. The van der Waals surface area contributed by atoms with Gasteiger partial charge in [-0.2, -0.15) is 15.3 Å². The number of amides is 1. The van der Waals surface area contributed by atoms with Crippen molar-refractivity contribution in [1.82, 2.24) is 25.4 Å². The van der Waals surface area contributed by atoms with Gasteiger partial charge in [-0.3, -0.25) is 9.89 Å². The zero-order valence-electron chi connectivity index (χ0n) is 16.4. The second-order valence-corrected chi connectivity index (χ2v) is 7.63. The number of hydrogen-bond donors (Lipinski definition) is 2. The van der Waals surface area contributed by atoms with Gasteiger partial charge in [0.15, 0.2) is 0 Å². The van der Waals surface area contributed by atoms with Crippen molar-refractivity contribution in [1.29, 1.82) is 0 Å². The molecule has 0 fully saturated rings. The molecule has 4 aromatic rings. The molecule has 0 aliphatic carbocycles. The normalized spacial score (nSPS) is 11.2. The molecule has 0 saturated carbocycles. The standard InChI is InChI=1S/C22H19BrN6O/c1-14-21(15(2)29(28-14)18-9-4-3-5-10-18)19-12-20(26-25-19)22(30)27-24-13-16-7-6-8-17(23)11-16/h3-13H,1-2H3,(H,25,26)(H,27,30)/b24-13-. The second-order valence-electron chi connectivity index (χ2n) is 6.71. The van der Waals surface area contributed by atoms with E-state index in [1.54, 1.807) is 12.3 Å². The number of aryl methyl sites for hydroxylation is 1. The zero-order chi connectivity index (χ0) is 21.1. The predicted octanol–water partition coefficient (Wildman–Crippen LogP) is 4.41. The zero-order valence-corrected chi connectivity index (χ0v) is 18.0. The summed E-state index contributed by atoms with van der Waals surface area (Å²) in [6, 6.07) is 19.2. The molecule has 7 nitrogen and oxygen atoms in total. The number of carbonyl (C=O) groups excluding carboxylic acids is 1. The van der Waals surface area contributed by atoms with Gasteiger partial charge in [0.05, 0.1) is 29.0 Å². The Morgan fingerprint density at radius 2 is 1.93 bits per heavy atom. The van der Waals surface area contributed by atoms with E-state index in [-0.39, 0.29) is 5.91 Å². The highest BCUT2D eigenvalue weighted by molar-refractivity contribution is 9.10. The third kappa shape index (κ3) is 4.08. The van der Waals surface area contributed by atoms with E-state index in [0.29, 0.717) is 11.4 Å². The minimum atomic E-state index is -0.370. The summed E-state index contributed by atoms with van der Waals surface area (Å²) in [4.78, 5) is 12.4. The molecule has 2 aromatic carbocycles. The first-order chi connectivity index (χ1) is 14.5. The molecule has 0 radical (unpaired) electrons. The minimum absolute atomic E-state index is 0.322. The second kappa shape index (κ2) is 8.46. The molecule has 0 aliphatic heterocycles. The lowest BCUT2D eigenvalue weighted by atomic mass is 10.1. The van der Waals surface area contributed by atoms with Crippen LogP contribution in [0.4, 0.5) is 0 Å². The molecule has 2 N–H and O–H groups in total. The average Bonchev–Trinajstić information content (AvgIpc) is 3.33. The maximum Gasteiger partial charge on any atom is 0.289 e. The summed E-state index contributed by atoms with van der Waals surface area (Å²) in [5.41, 5.74) is 8.02. The van der Waals surface area contributed by atoms with Gasteiger partial charge in [0, 0.05) is 10.0 Å². The summed E-state index contributed by atoms with van der Waals surface area (Å²) in [7, 11) is 0. The lowest BCUT2D eigenvalue weighted by Gasteiger charge is -2.04. The van der Waals surface area contributed by atoms with Gasteiger partial charge in [0.2, 0.25) is 0 Å². The summed E-state index contributed by atoms with van der Waals surface area (Å²) >= 11 is 3.40. The summed E-state index contributed by atoms with van der Waals surface area (Å²) in [5.74, 6) is -0.370. The largest absolute Gasteiger partial charge is 0.289 e.